The number of nitriles is 1. The second-order valence-corrected chi connectivity index (χ2v) is 9.19. The van der Waals surface area contributed by atoms with Crippen molar-refractivity contribution < 1.29 is 9.53 Å². The molecule has 8 heteroatoms. The second kappa shape index (κ2) is 11.0. The van der Waals surface area contributed by atoms with Gasteiger partial charge in [0.15, 0.2) is 17.1 Å². The summed E-state index contributed by atoms with van der Waals surface area (Å²) in [6, 6.07) is 17.1. The van der Waals surface area contributed by atoms with Gasteiger partial charge in [-0.2, -0.15) is 5.26 Å². The lowest BCUT2D eigenvalue weighted by Gasteiger charge is -2.21. The topological polar surface area (TPSA) is 92.8 Å². The zero-order valence-corrected chi connectivity index (χ0v) is 20.4. The number of hydrogen-bond acceptors (Lipinski definition) is 6. The fourth-order valence-electron chi connectivity index (χ4n) is 3.46. The van der Waals surface area contributed by atoms with Crippen LogP contribution in [0.25, 0.3) is 0 Å². The quantitative estimate of drug-likeness (QED) is 0.408. The molecular formula is C25H29N5O2S. The summed E-state index contributed by atoms with van der Waals surface area (Å²) in [6.07, 6.45) is -0.314. The maximum Gasteiger partial charge on any atom is 0.234 e. The van der Waals surface area contributed by atoms with Crippen LogP contribution in [0.15, 0.2) is 53.7 Å². The summed E-state index contributed by atoms with van der Waals surface area (Å²) in [4.78, 5) is 12.5. The number of aromatic nitrogens is 3. The Labute approximate surface area is 199 Å². The first-order valence-electron chi connectivity index (χ1n) is 10.9. The van der Waals surface area contributed by atoms with E-state index in [4.69, 9.17) is 4.74 Å². The highest BCUT2D eigenvalue weighted by molar-refractivity contribution is 7.99. The van der Waals surface area contributed by atoms with Crippen molar-refractivity contribution in [3.05, 3.63) is 65.5 Å². The predicted molar refractivity (Wildman–Crippen MR) is 130 cm³/mol. The van der Waals surface area contributed by atoms with Crippen molar-refractivity contribution in [1.82, 2.24) is 14.8 Å². The van der Waals surface area contributed by atoms with Crippen LogP contribution in [0.5, 0.6) is 5.75 Å². The van der Waals surface area contributed by atoms with Gasteiger partial charge in [0.25, 0.3) is 0 Å². The molecule has 0 bridgehead atoms. The van der Waals surface area contributed by atoms with Gasteiger partial charge in [-0.05, 0) is 50.5 Å². The molecule has 0 saturated heterocycles. The number of ether oxygens (including phenoxy) is 1. The van der Waals surface area contributed by atoms with Gasteiger partial charge in [0, 0.05) is 6.04 Å². The Morgan fingerprint density at radius 1 is 1.09 bits per heavy atom. The highest BCUT2D eigenvalue weighted by atomic mass is 32.2. The molecule has 1 unspecified atom stereocenters. The lowest BCUT2D eigenvalue weighted by molar-refractivity contribution is -0.113. The number of para-hydroxylation sites is 2. The van der Waals surface area contributed by atoms with Crippen LogP contribution in [0.4, 0.5) is 5.69 Å². The van der Waals surface area contributed by atoms with E-state index in [-0.39, 0.29) is 23.8 Å². The van der Waals surface area contributed by atoms with Crippen LogP contribution in [0.2, 0.25) is 0 Å². The predicted octanol–water partition coefficient (Wildman–Crippen LogP) is 5.72. The Bertz CT molecular complexity index is 1150. The number of amides is 1. The average Bonchev–Trinajstić information content (AvgIpc) is 3.23. The number of carbonyl (C=O) groups is 1. The normalized spacial score (nSPS) is 11.9. The van der Waals surface area contributed by atoms with E-state index in [1.165, 1.54) is 11.8 Å². The molecule has 1 aromatic heterocycles. The van der Waals surface area contributed by atoms with E-state index in [9.17, 15) is 10.1 Å². The maximum atomic E-state index is 12.5. The fraction of sp³-hybridized carbons (Fsp3) is 0.360. The average molecular weight is 464 g/mol. The fourth-order valence-corrected chi connectivity index (χ4v) is 4.34. The van der Waals surface area contributed by atoms with Crippen molar-refractivity contribution in [3.63, 3.8) is 0 Å². The summed E-state index contributed by atoms with van der Waals surface area (Å²) < 4.78 is 8.29. The van der Waals surface area contributed by atoms with Gasteiger partial charge in [-0.25, -0.2) is 0 Å². The van der Waals surface area contributed by atoms with Crippen molar-refractivity contribution in [1.29, 1.82) is 5.26 Å². The number of benzene rings is 2. The van der Waals surface area contributed by atoms with Gasteiger partial charge in [-0.3, -0.25) is 4.79 Å². The van der Waals surface area contributed by atoms with Crippen molar-refractivity contribution >= 4 is 23.4 Å². The maximum absolute atomic E-state index is 12.5. The minimum atomic E-state index is -0.314. The van der Waals surface area contributed by atoms with E-state index in [2.05, 4.69) is 55.3 Å². The third-order valence-electron chi connectivity index (χ3n) is 5.07. The SMILES string of the molecule is CC(C)c1ccccc1OC(C)c1nnc(SCC(=O)Nc2ccccc2C#N)n1C(C)C. The summed E-state index contributed by atoms with van der Waals surface area (Å²) in [5.41, 5.74) is 2.07. The Hall–Kier alpha value is -3.31. The number of hydrogen-bond donors (Lipinski definition) is 1. The van der Waals surface area contributed by atoms with E-state index in [1.807, 2.05) is 29.7 Å². The van der Waals surface area contributed by atoms with Crippen LogP contribution < -0.4 is 10.1 Å². The van der Waals surface area contributed by atoms with Crippen LogP contribution in [-0.2, 0) is 4.79 Å². The third-order valence-corrected chi connectivity index (χ3v) is 6.01. The number of carbonyl (C=O) groups excluding carboxylic acids is 1. The Morgan fingerprint density at radius 3 is 2.48 bits per heavy atom. The first kappa shape index (κ1) is 24.3. The lowest BCUT2D eigenvalue weighted by atomic mass is 10.0. The molecule has 0 radical (unpaired) electrons. The number of anilines is 1. The van der Waals surface area contributed by atoms with Gasteiger partial charge in [-0.15, -0.1) is 10.2 Å². The summed E-state index contributed by atoms with van der Waals surface area (Å²) in [6.45, 7) is 10.3. The molecule has 1 atom stereocenters. The number of nitrogens with one attached hydrogen (secondary N) is 1. The molecule has 2 aromatic carbocycles. The molecule has 1 heterocycles. The Balaban J connectivity index is 1.73. The molecule has 3 aromatic rings. The molecule has 172 valence electrons. The molecule has 0 fully saturated rings. The van der Waals surface area contributed by atoms with Gasteiger partial charge in [0.2, 0.25) is 5.91 Å². The van der Waals surface area contributed by atoms with Crippen LogP contribution in [-0.4, -0.2) is 26.4 Å². The molecule has 0 saturated carbocycles. The minimum Gasteiger partial charge on any atom is -0.482 e. The van der Waals surface area contributed by atoms with Crippen LogP contribution in [0, 0.1) is 11.3 Å². The third kappa shape index (κ3) is 5.93. The van der Waals surface area contributed by atoms with Gasteiger partial charge in [0.05, 0.1) is 17.0 Å². The number of nitrogens with zero attached hydrogens (tertiary/aromatic N) is 4. The molecule has 0 aliphatic rings. The molecule has 7 nitrogen and oxygen atoms in total. The molecule has 1 amide bonds. The number of rotatable bonds is 9. The van der Waals surface area contributed by atoms with Crippen LogP contribution in [0.1, 0.15) is 69.6 Å². The van der Waals surface area contributed by atoms with E-state index in [0.29, 0.717) is 28.1 Å². The van der Waals surface area contributed by atoms with Crippen molar-refractivity contribution in [2.24, 2.45) is 0 Å². The van der Waals surface area contributed by atoms with Crippen molar-refractivity contribution in [3.8, 4) is 11.8 Å². The van der Waals surface area contributed by atoms with E-state index in [1.54, 1.807) is 24.3 Å². The smallest absolute Gasteiger partial charge is 0.234 e. The summed E-state index contributed by atoms with van der Waals surface area (Å²) in [5, 5.41) is 21.4. The van der Waals surface area contributed by atoms with E-state index in [0.717, 1.165) is 11.3 Å². The zero-order chi connectivity index (χ0) is 24.0. The molecule has 33 heavy (non-hydrogen) atoms. The lowest BCUT2D eigenvalue weighted by Crippen LogP contribution is -2.17. The van der Waals surface area contributed by atoms with E-state index >= 15 is 0 Å². The highest BCUT2D eigenvalue weighted by Gasteiger charge is 2.23. The minimum absolute atomic E-state index is 0.0891. The summed E-state index contributed by atoms with van der Waals surface area (Å²) in [7, 11) is 0. The Kier molecular flexibility index (Phi) is 8.12. The van der Waals surface area contributed by atoms with Gasteiger partial charge in [0.1, 0.15) is 11.8 Å². The monoisotopic (exact) mass is 463 g/mol. The van der Waals surface area contributed by atoms with Gasteiger partial charge < -0.3 is 14.6 Å². The Morgan fingerprint density at radius 2 is 1.79 bits per heavy atom. The molecule has 0 aliphatic carbocycles. The zero-order valence-electron chi connectivity index (χ0n) is 19.6. The highest BCUT2D eigenvalue weighted by Crippen LogP contribution is 2.32. The standard InChI is InChI=1S/C25H29N5O2S/c1-16(2)20-11-7-9-13-22(20)32-18(5)24-28-29-25(30(24)17(3)4)33-15-23(31)27-21-12-8-6-10-19(21)14-26/h6-13,16-18H,15H2,1-5H3,(H,27,31). The molecule has 0 spiro atoms. The van der Waals surface area contributed by atoms with Gasteiger partial charge >= 0.3 is 0 Å². The molecule has 3 rings (SSSR count). The summed E-state index contributed by atoms with van der Waals surface area (Å²) in [5.74, 6) is 1.82. The van der Waals surface area contributed by atoms with Crippen molar-refractivity contribution in [2.75, 3.05) is 11.1 Å². The molecule has 0 aliphatic heterocycles. The molecular weight excluding hydrogens is 434 g/mol. The second-order valence-electron chi connectivity index (χ2n) is 8.25. The van der Waals surface area contributed by atoms with Crippen LogP contribution in [0.3, 0.4) is 0 Å². The first-order valence-corrected chi connectivity index (χ1v) is 11.9. The summed E-state index contributed by atoms with van der Waals surface area (Å²) >= 11 is 1.31. The largest absolute Gasteiger partial charge is 0.482 e. The number of thioether (sulfide) groups is 1. The first-order chi connectivity index (χ1) is 15.8. The van der Waals surface area contributed by atoms with Crippen molar-refractivity contribution in [2.45, 2.75) is 57.8 Å². The van der Waals surface area contributed by atoms with E-state index < -0.39 is 0 Å². The molecule has 1 N–H and O–H groups in total. The van der Waals surface area contributed by atoms with Gasteiger partial charge in [-0.1, -0.05) is 55.9 Å². The van der Waals surface area contributed by atoms with Crippen LogP contribution >= 0.6 is 11.8 Å².